The third-order valence-corrected chi connectivity index (χ3v) is 22.7. The fourth-order valence-corrected chi connectivity index (χ4v) is 14.6. The van der Waals surface area contributed by atoms with E-state index in [1.165, 1.54) is 43.8 Å². The van der Waals surface area contributed by atoms with Gasteiger partial charge in [0.15, 0.2) is 5.67 Å². The minimum atomic E-state index is -1.94. The molecule has 5 aliphatic rings. The van der Waals surface area contributed by atoms with Gasteiger partial charge < -0.3 is 87.3 Å². The Morgan fingerprint density at radius 3 is 1.20 bits per heavy atom. The van der Waals surface area contributed by atoms with Crippen molar-refractivity contribution in [3.05, 3.63) is 105 Å². The highest BCUT2D eigenvalue weighted by Gasteiger charge is 2.54. The zero-order valence-electron chi connectivity index (χ0n) is 67.2. The second-order valence-corrected chi connectivity index (χ2v) is 36.1. The first-order valence-electron chi connectivity index (χ1n) is 37.4. The number of carboxylic acids is 2. The molecule has 624 valence electrons. The second kappa shape index (κ2) is 38.0. The Balaban J connectivity index is 0.000000212. The van der Waals surface area contributed by atoms with Gasteiger partial charge >= 0.3 is 18.0 Å². The number of thiazole rings is 3. The van der Waals surface area contributed by atoms with Crippen molar-refractivity contribution in [2.24, 2.45) is 22.2 Å². The van der Waals surface area contributed by atoms with Gasteiger partial charge in [0.05, 0.1) is 72.6 Å². The lowest BCUT2D eigenvalue weighted by atomic mass is 9.81. The molecule has 3 aromatic heterocycles. The van der Waals surface area contributed by atoms with Crippen LogP contribution in [-0.2, 0) is 62.7 Å². The molecule has 3 aliphatic heterocycles. The van der Waals surface area contributed by atoms with E-state index in [4.69, 9.17) is 14.9 Å². The molecule has 2 aliphatic carbocycles. The van der Waals surface area contributed by atoms with Gasteiger partial charge in [-0.15, -0.1) is 34.0 Å². The first-order chi connectivity index (χ1) is 52.9. The highest BCUT2D eigenvalue weighted by Crippen LogP contribution is 2.42. The number of carbonyl (C=O) groups is 9. The topological polar surface area (TPSA) is 442 Å². The Kier molecular flexibility index (Phi) is 30.6. The number of aliphatic hydroxyl groups excluding tert-OH is 3. The maximum absolute atomic E-state index is 14.3. The number of aliphatic hydroxyl groups is 3. The summed E-state index contributed by atoms with van der Waals surface area (Å²) in [6.45, 7) is 30.1. The molecule has 114 heavy (non-hydrogen) atoms. The van der Waals surface area contributed by atoms with E-state index in [9.17, 15) is 82.6 Å². The summed E-state index contributed by atoms with van der Waals surface area (Å²) in [5, 5.41) is 94.1. The van der Waals surface area contributed by atoms with Crippen LogP contribution in [0.15, 0.2) is 71.1 Å². The van der Waals surface area contributed by atoms with Gasteiger partial charge in [-0.25, -0.2) is 38.1 Å². The molecule has 34 heteroatoms. The van der Waals surface area contributed by atoms with Crippen LogP contribution in [0.2, 0.25) is 0 Å². The van der Waals surface area contributed by atoms with Gasteiger partial charge in [-0.1, -0.05) is 106 Å². The standard InChI is InChI=1S/C26H33FN4O5S.C23H31N3O4S.C16H19N3O3S.C11H21NO4.C4H5FO2/c1-14-20(37-13-29-14)15-5-6-16(19(33)9-15)11-28-22(34)18-10-17(32)12-31(18)23(35)21(25(2,3)4)30-24(36)26(27)7-8-26;1-13(23(3,4)5)22(30)26-11-17(27)9-18(26)21(29)24-10-16-7-6-15(8-19(16)28)20-14(2)25-12-31-20;1-9-15(23-8-19-9)10-2-3-11(14(21)4-10)6-18-16(22)13-5-12(20)7-17-13;1-10(2,3)7(8(13)14)12-9(15)16-11(4,5)6;5-4(1-2-4)3(6)7/h5-6,9,13,17-18,21,32-33H,7-8,10-12H2,1-4H3,(H,28,34)(H,30,36);6-8,12-13,17-18,27-28H,9-11H2,1-5H3,(H,24,29);2-4,8,12-13,17,20-21H,5-7H2,1H3,(H,18,22);7H,1-6H3,(H,12,15)(H,13,14);1-2H2,(H,6,7)/t17-,18+,21-;13-,17-,18+;12-,13+;7-;/m1111./s1. The lowest BCUT2D eigenvalue weighted by Gasteiger charge is -2.35. The van der Waals surface area contributed by atoms with Crippen LogP contribution >= 0.6 is 34.0 Å². The molecule has 2 saturated carbocycles. The quantitative estimate of drug-likeness (QED) is 0.0359. The number of amides is 7. The number of aromatic hydroxyl groups is 3. The van der Waals surface area contributed by atoms with Crippen molar-refractivity contribution in [2.75, 3.05) is 19.6 Å². The van der Waals surface area contributed by atoms with Crippen molar-refractivity contribution < 1.29 is 97.5 Å². The molecule has 0 spiro atoms. The van der Waals surface area contributed by atoms with Crippen LogP contribution in [0.25, 0.3) is 31.3 Å². The molecular formula is C80H109F2N11O18S3. The summed E-state index contributed by atoms with van der Waals surface area (Å²) in [4.78, 5) is 127. The number of rotatable bonds is 19. The monoisotopic (exact) mass is 1650 g/mol. The lowest BCUT2D eigenvalue weighted by molar-refractivity contribution is -0.145. The van der Waals surface area contributed by atoms with E-state index in [0.29, 0.717) is 29.7 Å². The van der Waals surface area contributed by atoms with Crippen molar-refractivity contribution in [3.8, 4) is 48.6 Å². The van der Waals surface area contributed by atoms with E-state index in [-0.39, 0.29) is 124 Å². The van der Waals surface area contributed by atoms with Crippen LogP contribution < -0.4 is 31.9 Å². The van der Waals surface area contributed by atoms with Crippen LogP contribution in [-0.4, -0.2) is 204 Å². The molecule has 14 N–H and O–H groups in total. The van der Waals surface area contributed by atoms with Gasteiger partial charge in [0.25, 0.3) is 5.91 Å². The molecule has 0 radical (unpaired) electrons. The number of phenolic OH excluding ortho intramolecular Hbond substituents is 3. The number of carboxylic acid groups (broad SMARTS) is 2. The predicted molar refractivity (Wildman–Crippen MR) is 426 cm³/mol. The molecule has 6 heterocycles. The van der Waals surface area contributed by atoms with Crippen LogP contribution in [0.1, 0.15) is 169 Å². The number of nitrogens with one attached hydrogen (secondary N) is 6. The normalized spacial score (nSPS) is 20.0. The number of halogens is 2. The van der Waals surface area contributed by atoms with E-state index in [1.54, 1.807) is 115 Å². The number of aliphatic carboxylic acids is 2. The molecule has 29 nitrogen and oxygen atoms in total. The number of carbonyl (C=O) groups excluding carboxylic acids is 7. The predicted octanol–water partition coefficient (Wildman–Crippen LogP) is 9.27. The molecular weight excluding hydrogens is 1540 g/mol. The molecule has 6 aromatic rings. The fraction of sp³-hybridized carbons (Fsp3) is 0.550. The Morgan fingerprint density at radius 1 is 0.535 bits per heavy atom. The molecule has 5 fully saturated rings. The third kappa shape index (κ3) is 25.3. The van der Waals surface area contributed by atoms with Gasteiger partial charge in [-0.2, -0.15) is 0 Å². The molecule has 9 atom stereocenters. The number of alkyl carbamates (subject to hydrolysis) is 1. The summed E-state index contributed by atoms with van der Waals surface area (Å²) in [6.07, 6.45) is -1.52. The van der Waals surface area contributed by atoms with Crippen LogP contribution in [0.4, 0.5) is 13.6 Å². The lowest BCUT2D eigenvalue weighted by Crippen LogP contribution is -2.59. The number of phenols is 3. The fourth-order valence-electron chi connectivity index (χ4n) is 12.2. The number of alkyl halides is 2. The van der Waals surface area contributed by atoms with Crippen molar-refractivity contribution >= 4 is 87.5 Å². The number of likely N-dealkylation sites (tertiary alicyclic amines) is 2. The van der Waals surface area contributed by atoms with Gasteiger partial charge in [0, 0.05) is 74.7 Å². The number of nitrogens with zero attached hydrogens (tertiary/aromatic N) is 5. The maximum atomic E-state index is 14.3. The number of aromatic nitrogens is 3. The molecule has 3 saturated heterocycles. The van der Waals surface area contributed by atoms with Crippen LogP contribution in [0.5, 0.6) is 17.2 Å². The SMILES string of the molecule is CC(C)(C)OC(=O)N[C@H](C(=O)O)C(C)(C)C.Cc1ncsc1-c1ccc(CNC(=O)[C@@H]2C[C@@H](O)CN2)c(O)c1.Cc1ncsc1-c1ccc(CNC(=O)[C@@H]2C[C@@H](O)CN2C(=O)[C@@H](C)C(C)(C)C)c(O)c1.Cc1ncsc1-c1ccc(CNC(=O)[C@@H]2C[C@@H](O)CN2C(=O)[C@@H](NC(=O)C2(F)CC2)C(C)(C)C)c(O)c1.O=C(O)C1(F)CC1. The number of β-amino-alcohol motifs (C(OH)–C–C–N with tert-alkyl or cyclic N) is 3. The Labute approximate surface area is 674 Å². The Bertz CT molecular complexity index is 4420. The molecule has 3 aromatic carbocycles. The number of hydrogen-bond donors (Lipinski definition) is 14. The summed E-state index contributed by atoms with van der Waals surface area (Å²) < 4.78 is 31.3. The average molecular weight is 1650 g/mol. The van der Waals surface area contributed by atoms with Gasteiger partial charge in [-0.3, -0.25) is 28.8 Å². The largest absolute Gasteiger partial charge is 0.508 e. The summed E-state index contributed by atoms with van der Waals surface area (Å²) in [7, 11) is 0. The maximum Gasteiger partial charge on any atom is 0.408 e. The zero-order valence-corrected chi connectivity index (χ0v) is 69.6. The summed E-state index contributed by atoms with van der Waals surface area (Å²) in [5.74, 6) is -4.89. The molecule has 11 rings (SSSR count). The first kappa shape index (κ1) is 91.9. The number of aryl methyl sites for hydroxylation is 3. The molecule has 0 bridgehead atoms. The van der Waals surface area contributed by atoms with Crippen molar-refractivity contribution in [2.45, 2.75) is 241 Å². The van der Waals surface area contributed by atoms with E-state index in [2.05, 4.69) is 46.9 Å². The average Bonchev–Trinajstić information content (AvgIpc) is 1.62. The second-order valence-electron chi connectivity index (χ2n) is 33.5. The number of hydrogen-bond acceptors (Lipinski definition) is 23. The van der Waals surface area contributed by atoms with E-state index in [1.807, 2.05) is 66.7 Å². The zero-order chi connectivity index (χ0) is 85.1. The minimum absolute atomic E-state index is 0.0146. The summed E-state index contributed by atoms with van der Waals surface area (Å²) in [5.41, 5.74) is 6.34. The highest BCUT2D eigenvalue weighted by molar-refractivity contribution is 7.14. The molecule has 0 unspecified atom stereocenters. The van der Waals surface area contributed by atoms with Crippen molar-refractivity contribution in [1.82, 2.24) is 56.7 Å². The number of ether oxygens (including phenoxy) is 1. The van der Waals surface area contributed by atoms with E-state index >= 15 is 0 Å². The van der Waals surface area contributed by atoms with Crippen molar-refractivity contribution in [1.29, 1.82) is 0 Å². The molecule has 7 amide bonds. The van der Waals surface area contributed by atoms with Gasteiger partial charge in [0.2, 0.25) is 35.2 Å². The number of benzene rings is 3. The summed E-state index contributed by atoms with van der Waals surface area (Å²) >= 11 is 4.50. The minimum Gasteiger partial charge on any atom is -0.508 e. The Morgan fingerprint density at radius 2 is 0.912 bits per heavy atom. The van der Waals surface area contributed by atoms with E-state index < -0.39 is 106 Å². The van der Waals surface area contributed by atoms with E-state index in [0.717, 1.165) is 48.4 Å². The van der Waals surface area contributed by atoms with Crippen molar-refractivity contribution in [3.63, 3.8) is 0 Å². The smallest absolute Gasteiger partial charge is 0.408 e. The first-order valence-corrected chi connectivity index (χ1v) is 40.1. The Hall–Kier alpha value is -9.32. The van der Waals surface area contributed by atoms with Gasteiger partial charge in [0.1, 0.15) is 47.0 Å². The van der Waals surface area contributed by atoms with Crippen LogP contribution in [0, 0.1) is 42.9 Å². The highest BCUT2D eigenvalue weighted by atomic mass is 32.1. The van der Waals surface area contributed by atoms with Gasteiger partial charge in [-0.05, 0) is 125 Å². The third-order valence-electron chi connectivity index (χ3n) is 19.8. The van der Waals surface area contributed by atoms with Crippen LogP contribution in [0.3, 0.4) is 0 Å². The summed E-state index contributed by atoms with van der Waals surface area (Å²) in [6, 6.07) is 11.8.